The number of hydrogen-bond acceptors (Lipinski definition) is 12. The predicted molar refractivity (Wildman–Crippen MR) is 187 cm³/mol. The van der Waals surface area contributed by atoms with E-state index in [4.69, 9.17) is 14.2 Å². The smallest absolute Gasteiger partial charge is 0.407 e. The second-order valence-electron chi connectivity index (χ2n) is 11.7. The van der Waals surface area contributed by atoms with Crippen molar-refractivity contribution < 1.29 is 40.9 Å². The number of sulfone groups is 1. The minimum absolute atomic E-state index is 0.110. The summed E-state index contributed by atoms with van der Waals surface area (Å²) in [5, 5.41) is 24.8. The lowest BCUT2D eigenvalue weighted by Gasteiger charge is -2.27. The molecule has 0 bridgehead atoms. The van der Waals surface area contributed by atoms with Gasteiger partial charge in [-0.1, -0.05) is 24.3 Å². The van der Waals surface area contributed by atoms with Gasteiger partial charge in [0.15, 0.2) is 9.84 Å². The van der Waals surface area contributed by atoms with Crippen molar-refractivity contribution in [2.24, 2.45) is 0 Å². The first-order valence-corrected chi connectivity index (χ1v) is 18.8. The van der Waals surface area contributed by atoms with Crippen molar-refractivity contribution in [3.63, 3.8) is 0 Å². The van der Waals surface area contributed by atoms with Gasteiger partial charge in [0.2, 0.25) is 15.8 Å². The molecule has 3 N–H and O–H groups in total. The summed E-state index contributed by atoms with van der Waals surface area (Å²) in [7, 11) is -6.41. The number of ether oxygens (including phenoxy) is 3. The summed E-state index contributed by atoms with van der Waals surface area (Å²) in [6.45, 7) is 3.06. The summed E-state index contributed by atoms with van der Waals surface area (Å²) in [5.74, 6) is 0.962. The molecule has 3 aromatic carbocycles. The topological polar surface area (TPSA) is 203 Å². The van der Waals surface area contributed by atoms with Crippen molar-refractivity contribution in [1.29, 1.82) is 0 Å². The molecule has 49 heavy (non-hydrogen) atoms. The number of amides is 1. The summed E-state index contributed by atoms with van der Waals surface area (Å²) < 4.78 is 75.9. The Hall–Kier alpha value is -3.85. The van der Waals surface area contributed by atoms with Crippen LogP contribution in [-0.4, -0.2) is 91.2 Å². The molecule has 0 aliphatic carbocycles. The Balaban J connectivity index is 1.90. The van der Waals surface area contributed by atoms with Gasteiger partial charge in [0, 0.05) is 23.2 Å². The molecule has 0 aliphatic rings. The molecule has 1 atom stereocenters. The number of methoxy groups -OCH3 is 2. The first-order valence-electron chi connectivity index (χ1n) is 14.7. The predicted octanol–water partition coefficient (Wildman–Crippen LogP) is 3.54. The van der Waals surface area contributed by atoms with Crippen molar-refractivity contribution in [2.75, 3.05) is 27.4 Å². The number of nitrogens with one attached hydrogen (secondary N) is 2. The van der Waals surface area contributed by atoms with Crippen LogP contribution in [0.1, 0.15) is 31.9 Å². The van der Waals surface area contributed by atoms with Crippen LogP contribution in [0.4, 0.5) is 4.79 Å². The van der Waals surface area contributed by atoms with Crippen LogP contribution in [0.25, 0.3) is 11.4 Å². The molecule has 4 aromatic rings. The maximum absolute atomic E-state index is 15.0. The number of hydrogen-bond donors (Lipinski definition) is 3. The number of nitrogens with zero attached hydrogens (tertiary/aromatic N) is 4. The standard InChI is InChI=1S/C31H37IN6O9S2/c1-31(2,3)47-30(40)33-16-24(19-39)48(41,42)26-15-14-25(32)27(29-34-36-37-35-29)28(26)49(43,44)38(17-20-6-10-22(45-4)11-7-20)18-21-8-12-23(46-5)13-9-21/h6-15,24,39H,16-19H2,1-5H3,(H,33,40)(H,34,35,36,37)/t24-/m1/s1. The van der Waals surface area contributed by atoms with E-state index in [0.29, 0.717) is 26.2 Å². The van der Waals surface area contributed by atoms with Crippen LogP contribution in [-0.2, 0) is 37.7 Å². The van der Waals surface area contributed by atoms with Gasteiger partial charge in [0.05, 0.1) is 31.3 Å². The number of tetrazole rings is 1. The van der Waals surface area contributed by atoms with Gasteiger partial charge in [-0.3, -0.25) is 0 Å². The van der Waals surface area contributed by atoms with Crippen molar-refractivity contribution in [3.8, 4) is 22.9 Å². The molecule has 0 saturated heterocycles. The van der Waals surface area contributed by atoms with Crippen molar-refractivity contribution >= 4 is 48.5 Å². The average Bonchev–Trinajstić information content (AvgIpc) is 3.59. The zero-order chi connectivity index (χ0) is 36.0. The molecule has 1 aromatic heterocycles. The minimum Gasteiger partial charge on any atom is -0.497 e. The third-order valence-electron chi connectivity index (χ3n) is 7.10. The second kappa shape index (κ2) is 15.8. The number of aromatic nitrogens is 4. The lowest BCUT2D eigenvalue weighted by atomic mass is 10.2. The number of carbonyl (C=O) groups is 1. The Labute approximate surface area is 298 Å². The second-order valence-corrected chi connectivity index (χ2v) is 16.9. The van der Waals surface area contributed by atoms with Crippen molar-refractivity contribution in [1.82, 2.24) is 30.2 Å². The van der Waals surface area contributed by atoms with E-state index in [1.54, 1.807) is 69.3 Å². The zero-order valence-corrected chi connectivity index (χ0v) is 31.2. The van der Waals surface area contributed by atoms with Gasteiger partial charge in [-0.25, -0.2) is 21.6 Å². The van der Waals surface area contributed by atoms with Crippen LogP contribution >= 0.6 is 22.6 Å². The summed E-state index contributed by atoms with van der Waals surface area (Å²) in [6.07, 6.45) is -0.908. The lowest BCUT2D eigenvalue weighted by Crippen LogP contribution is -2.42. The fourth-order valence-electron chi connectivity index (χ4n) is 4.68. The highest BCUT2D eigenvalue weighted by Crippen LogP contribution is 2.38. The largest absolute Gasteiger partial charge is 0.497 e. The molecule has 15 nitrogen and oxygen atoms in total. The highest BCUT2D eigenvalue weighted by molar-refractivity contribution is 14.1. The summed E-state index contributed by atoms with van der Waals surface area (Å²) in [4.78, 5) is 11.2. The van der Waals surface area contributed by atoms with E-state index in [9.17, 15) is 18.3 Å². The normalized spacial score (nSPS) is 12.8. The van der Waals surface area contributed by atoms with Gasteiger partial charge < -0.3 is 24.6 Å². The number of alkyl carbamates (subject to hydrolysis) is 1. The SMILES string of the molecule is COc1ccc(CN(Cc2ccc(OC)cc2)S(=O)(=O)c2c(S(=O)(=O)[C@@H](CO)CNC(=O)OC(C)(C)C)ccc(I)c2-c2nn[nH]n2)cc1. The van der Waals surface area contributed by atoms with Gasteiger partial charge in [-0.05, 0) is 96.1 Å². The quantitative estimate of drug-likeness (QED) is 0.156. The van der Waals surface area contributed by atoms with Gasteiger partial charge in [-0.15, -0.1) is 10.2 Å². The molecule has 4 rings (SSSR count). The van der Waals surface area contributed by atoms with E-state index in [1.165, 1.54) is 20.3 Å². The van der Waals surface area contributed by atoms with Crippen molar-refractivity contribution in [3.05, 3.63) is 75.4 Å². The number of aliphatic hydroxyl groups is 1. The molecule has 264 valence electrons. The van der Waals surface area contributed by atoms with E-state index in [0.717, 1.165) is 10.4 Å². The van der Waals surface area contributed by atoms with E-state index < -0.39 is 59.7 Å². The number of aliphatic hydroxyl groups excluding tert-OH is 1. The van der Waals surface area contributed by atoms with Crippen LogP contribution in [0.3, 0.4) is 0 Å². The van der Waals surface area contributed by atoms with Crippen LogP contribution < -0.4 is 14.8 Å². The number of carbonyl (C=O) groups excluding carboxylic acids is 1. The highest BCUT2D eigenvalue weighted by Gasteiger charge is 2.40. The van der Waals surface area contributed by atoms with E-state index in [-0.39, 0.29) is 24.5 Å². The lowest BCUT2D eigenvalue weighted by molar-refractivity contribution is 0.0525. The molecular formula is C31H37IN6O9S2. The molecule has 0 unspecified atom stereocenters. The van der Waals surface area contributed by atoms with Gasteiger partial charge in [0.1, 0.15) is 27.2 Å². The Kier molecular flexibility index (Phi) is 12.2. The monoisotopic (exact) mass is 828 g/mol. The van der Waals surface area contributed by atoms with Crippen molar-refractivity contribution in [2.45, 2.75) is 54.5 Å². The Morgan fingerprint density at radius 1 is 0.939 bits per heavy atom. The van der Waals surface area contributed by atoms with Crippen LogP contribution in [0, 0.1) is 3.57 Å². The average molecular weight is 829 g/mol. The summed E-state index contributed by atoms with van der Waals surface area (Å²) in [5.41, 5.74) is 0.195. The molecule has 1 heterocycles. The van der Waals surface area contributed by atoms with E-state index in [2.05, 4.69) is 25.9 Å². The number of H-pyrrole nitrogens is 1. The van der Waals surface area contributed by atoms with Crippen LogP contribution in [0.15, 0.2) is 70.5 Å². The first kappa shape index (κ1) is 38.0. The Morgan fingerprint density at radius 2 is 1.49 bits per heavy atom. The summed E-state index contributed by atoms with van der Waals surface area (Å²) in [6, 6.07) is 16.1. The fourth-order valence-corrected chi connectivity index (χ4v) is 9.38. The maximum Gasteiger partial charge on any atom is 0.407 e. The Morgan fingerprint density at radius 3 is 1.94 bits per heavy atom. The zero-order valence-electron chi connectivity index (χ0n) is 27.4. The highest BCUT2D eigenvalue weighted by atomic mass is 127. The maximum atomic E-state index is 15.0. The van der Waals surface area contributed by atoms with E-state index >= 15 is 8.42 Å². The molecule has 1 amide bonds. The number of sulfonamides is 1. The Bertz CT molecular complexity index is 1900. The fraction of sp³-hybridized carbons (Fsp3) is 0.355. The van der Waals surface area contributed by atoms with Gasteiger partial charge in [-0.2, -0.15) is 9.52 Å². The third-order valence-corrected chi connectivity index (χ3v) is 12.1. The number of benzene rings is 3. The van der Waals surface area contributed by atoms with Crippen LogP contribution in [0.2, 0.25) is 0 Å². The molecule has 0 fully saturated rings. The molecule has 0 radical (unpaired) electrons. The van der Waals surface area contributed by atoms with Gasteiger partial charge >= 0.3 is 6.09 Å². The molecule has 0 spiro atoms. The van der Waals surface area contributed by atoms with Gasteiger partial charge in [0.25, 0.3) is 0 Å². The van der Waals surface area contributed by atoms with E-state index in [1.807, 2.05) is 22.6 Å². The van der Waals surface area contributed by atoms with Crippen LogP contribution in [0.5, 0.6) is 11.5 Å². The first-order chi connectivity index (χ1) is 23.1. The minimum atomic E-state index is -4.75. The molecule has 0 aliphatic heterocycles. The molecule has 0 saturated carbocycles. The number of halogens is 1. The summed E-state index contributed by atoms with van der Waals surface area (Å²) >= 11 is 1.87. The third kappa shape index (κ3) is 9.24. The number of rotatable bonds is 14. The molecular weight excluding hydrogens is 791 g/mol. The number of aromatic amines is 1. The molecule has 18 heteroatoms.